The molecule has 0 N–H and O–H groups in total. The minimum absolute atomic E-state index is 0.0250. The first-order valence-electron chi connectivity index (χ1n) is 29.7. The summed E-state index contributed by atoms with van der Waals surface area (Å²) in [7, 11) is 1.19. The molecule has 0 fully saturated rings. The van der Waals surface area contributed by atoms with Crippen LogP contribution in [0.4, 0.5) is 0 Å². The molecule has 0 bridgehead atoms. The number of rotatable bonds is 56. The third-order valence-electron chi connectivity index (χ3n) is 13.6. The van der Waals surface area contributed by atoms with Crippen molar-refractivity contribution >= 4 is 19.8 Å². The van der Waals surface area contributed by atoms with Crippen LogP contribution < -0.4 is 4.89 Å². The minimum atomic E-state index is -4.63. The number of unbranched alkanes of at least 4 members (excludes halogenated alkanes) is 42. The summed E-state index contributed by atoms with van der Waals surface area (Å²) in [5.74, 6) is -0.808. The molecule has 0 rings (SSSR count). The van der Waals surface area contributed by atoms with E-state index in [1.165, 1.54) is 244 Å². The fraction of sp³-hybridized carbons (Fsp3) is 0.966. The van der Waals surface area contributed by atoms with Crippen molar-refractivity contribution in [3.63, 3.8) is 0 Å². The summed E-state index contributed by atoms with van der Waals surface area (Å²) >= 11 is 0. The average Bonchev–Trinajstić information content (AvgIpc) is 3.30. The molecule has 0 heterocycles. The van der Waals surface area contributed by atoms with Gasteiger partial charge in [-0.3, -0.25) is 14.2 Å². The largest absolute Gasteiger partial charge is 0.756 e. The van der Waals surface area contributed by atoms with E-state index in [0.717, 1.165) is 32.1 Å². The fourth-order valence-electron chi connectivity index (χ4n) is 9.01. The first kappa shape index (κ1) is 67.0. The summed E-state index contributed by atoms with van der Waals surface area (Å²) in [6.45, 7) is 4.32. The van der Waals surface area contributed by atoms with Gasteiger partial charge in [0.25, 0.3) is 7.82 Å². The Balaban J connectivity index is 4.09. The molecule has 0 spiro atoms. The van der Waals surface area contributed by atoms with Crippen molar-refractivity contribution in [2.45, 2.75) is 315 Å². The Morgan fingerprint density at radius 1 is 0.397 bits per heavy atom. The molecule has 2 atom stereocenters. The number of hydrogen-bond donors (Lipinski definition) is 0. The molecule has 0 aliphatic heterocycles. The van der Waals surface area contributed by atoms with Crippen molar-refractivity contribution in [2.75, 3.05) is 47.5 Å². The van der Waals surface area contributed by atoms with E-state index in [-0.39, 0.29) is 32.0 Å². The Kier molecular flexibility index (Phi) is 50.2. The van der Waals surface area contributed by atoms with Crippen molar-refractivity contribution in [2.24, 2.45) is 0 Å². The standard InChI is InChI=1S/C58H116NO8P/c1-6-8-10-12-14-16-18-20-22-24-26-28-29-31-33-35-37-39-41-43-45-47-49-51-58(61)67-56(55-66-68(62,63)65-53-52-59(3,4)5)54-64-57(60)50-48-46-44-42-40-38-36-34-32-30-27-25-23-21-19-17-15-13-11-9-7-2/h56H,6-55H2,1-5H3/t56-/m1/s1. The van der Waals surface area contributed by atoms with Crippen LogP contribution in [0.3, 0.4) is 0 Å². The number of likely N-dealkylation sites (N-methyl/N-ethyl adjacent to an activating group) is 1. The van der Waals surface area contributed by atoms with Gasteiger partial charge in [-0.2, -0.15) is 0 Å². The monoisotopic (exact) mass is 986 g/mol. The number of hydrogen-bond acceptors (Lipinski definition) is 8. The Bertz CT molecular complexity index is 1120. The Hall–Kier alpha value is -0.990. The van der Waals surface area contributed by atoms with Crippen LogP contribution in [0, 0.1) is 0 Å². The van der Waals surface area contributed by atoms with Crippen molar-refractivity contribution in [3.8, 4) is 0 Å². The van der Waals surface area contributed by atoms with Gasteiger partial charge < -0.3 is 27.9 Å². The third kappa shape index (κ3) is 54.3. The van der Waals surface area contributed by atoms with Crippen LogP contribution in [-0.4, -0.2) is 70.0 Å². The molecule has 0 saturated carbocycles. The topological polar surface area (TPSA) is 111 Å². The number of carbonyl (C=O) groups excluding carboxylic acids is 2. The highest BCUT2D eigenvalue weighted by Gasteiger charge is 2.22. The van der Waals surface area contributed by atoms with Gasteiger partial charge in [-0.1, -0.05) is 284 Å². The van der Waals surface area contributed by atoms with Gasteiger partial charge in [0, 0.05) is 12.8 Å². The van der Waals surface area contributed by atoms with E-state index < -0.39 is 26.5 Å². The Morgan fingerprint density at radius 3 is 0.941 bits per heavy atom. The van der Waals surface area contributed by atoms with Crippen LogP contribution in [0.15, 0.2) is 0 Å². The first-order chi connectivity index (χ1) is 33.0. The molecule has 10 heteroatoms. The number of carbonyl (C=O) groups is 2. The second-order valence-electron chi connectivity index (χ2n) is 21.7. The lowest BCUT2D eigenvalue weighted by Gasteiger charge is -2.28. The maximum Gasteiger partial charge on any atom is 0.306 e. The van der Waals surface area contributed by atoms with Gasteiger partial charge in [0.05, 0.1) is 27.7 Å². The molecule has 68 heavy (non-hydrogen) atoms. The molecule has 0 saturated heterocycles. The van der Waals surface area contributed by atoms with E-state index in [1.807, 2.05) is 21.1 Å². The molecule has 0 aromatic carbocycles. The molecule has 1 unspecified atom stereocenters. The van der Waals surface area contributed by atoms with Crippen LogP contribution in [0.1, 0.15) is 309 Å². The van der Waals surface area contributed by atoms with Crippen LogP contribution in [0.5, 0.6) is 0 Å². The van der Waals surface area contributed by atoms with Gasteiger partial charge in [-0.05, 0) is 12.8 Å². The van der Waals surface area contributed by atoms with Gasteiger partial charge in [-0.15, -0.1) is 0 Å². The van der Waals surface area contributed by atoms with Crippen molar-refractivity contribution in [1.82, 2.24) is 0 Å². The van der Waals surface area contributed by atoms with Gasteiger partial charge in [0.2, 0.25) is 0 Å². The molecule has 0 aliphatic carbocycles. The lowest BCUT2D eigenvalue weighted by atomic mass is 10.0. The minimum Gasteiger partial charge on any atom is -0.756 e. The van der Waals surface area contributed by atoms with E-state index in [4.69, 9.17) is 18.5 Å². The van der Waals surface area contributed by atoms with Crippen molar-refractivity contribution < 1.29 is 42.1 Å². The molecule has 0 aliphatic rings. The summed E-state index contributed by atoms with van der Waals surface area (Å²) in [6, 6.07) is 0. The molecule has 0 aromatic heterocycles. The maximum absolute atomic E-state index is 12.8. The highest BCUT2D eigenvalue weighted by Crippen LogP contribution is 2.38. The number of esters is 2. The van der Waals surface area contributed by atoms with E-state index >= 15 is 0 Å². The van der Waals surface area contributed by atoms with E-state index in [0.29, 0.717) is 17.4 Å². The number of phosphoric ester groups is 1. The maximum atomic E-state index is 12.8. The predicted octanol–water partition coefficient (Wildman–Crippen LogP) is 17.6. The van der Waals surface area contributed by atoms with E-state index in [1.54, 1.807) is 0 Å². The van der Waals surface area contributed by atoms with Crippen LogP contribution >= 0.6 is 7.82 Å². The summed E-state index contributed by atoms with van der Waals surface area (Å²) in [5, 5.41) is 0. The number of phosphoric acid groups is 1. The first-order valence-corrected chi connectivity index (χ1v) is 31.2. The van der Waals surface area contributed by atoms with Gasteiger partial charge in [0.15, 0.2) is 6.10 Å². The summed E-state index contributed by atoms with van der Waals surface area (Å²) < 4.78 is 34.2. The van der Waals surface area contributed by atoms with E-state index in [9.17, 15) is 19.0 Å². The quantitative estimate of drug-likeness (QED) is 0.0256. The van der Waals surface area contributed by atoms with Crippen molar-refractivity contribution in [1.29, 1.82) is 0 Å². The molecule has 406 valence electrons. The van der Waals surface area contributed by atoms with Gasteiger partial charge in [-0.25, -0.2) is 0 Å². The molecular weight excluding hydrogens is 870 g/mol. The molecule has 0 radical (unpaired) electrons. The normalized spacial score (nSPS) is 13.2. The Labute approximate surface area is 423 Å². The smallest absolute Gasteiger partial charge is 0.306 e. The summed E-state index contributed by atoms with van der Waals surface area (Å²) in [4.78, 5) is 37.9. The van der Waals surface area contributed by atoms with Gasteiger partial charge in [0.1, 0.15) is 19.8 Å². The Morgan fingerprint density at radius 2 is 0.662 bits per heavy atom. The highest BCUT2D eigenvalue weighted by atomic mass is 31.2. The SMILES string of the molecule is CCCCCCCCCCCCCCCCCCCCCCCCCC(=O)O[C@H](COC(=O)CCCCCCCCCCCCCCCCCCCCCCC)COP(=O)([O-])OCC[N+](C)(C)C. The zero-order chi connectivity index (χ0) is 49.9. The fourth-order valence-corrected chi connectivity index (χ4v) is 9.74. The summed E-state index contributed by atoms with van der Waals surface area (Å²) in [5.41, 5.74) is 0. The van der Waals surface area contributed by atoms with Crippen LogP contribution in [-0.2, 0) is 32.7 Å². The lowest BCUT2D eigenvalue weighted by molar-refractivity contribution is -0.870. The molecule has 9 nitrogen and oxygen atoms in total. The lowest BCUT2D eigenvalue weighted by Crippen LogP contribution is -2.37. The average molecular weight is 987 g/mol. The molecule has 0 amide bonds. The highest BCUT2D eigenvalue weighted by molar-refractivity contribution is 7.45. The summed E-state index contributed by atoms with van der Waals surface area (Å²) in [6.07, 6.45) is 57.2. The number of quaternary nitrogens is 1. The predicted molar refractivity (Wildman–Crippen MR) is 287 cm³/mol. The third-order valence-corrected chi connectivity index (χ3v) is 14.6. The molecular formula is C58H116NO8P. The second kappa shape index (κ2) is 50.9. The second-order valence-corrected chi connectivity index (χ2v) is 23.1. The zero-order valence-corrected chi connectivity index (χ0v) is 47.0. The van der Waals surface area contributed by atoms with Crippen LogP contribution in [0.25, 0.3) is 0 Å². The molecule has 0 aromatic rings. The van der Waals surface area contributed by atoms with Crippen molar-refractivity contribution in [3.05, 3.63) is 0 Å². The zero-order valence-electron chi connectivity index (χ0n) is 46.1. The van der Waals surface area contributed by atoms with E-state index in [2.05, 4.69) is 13.8 Å². The van der Waals surface area contributed by atoms with Gasteiger partial charge >= 0.3 is 11.9 Å². The van der Waals surface area contributed by atoms with Crippen LogP contribution in [0.2, 0.25) is 0 Å². The number of ether oxygens (including phenoxy) is 2. The number of nitrogens with zero attached hydrogens (tertiary/aromatic N) is 1.